The van der Waals surface area contributed by atoms with Gasteiger partial charge in [-0.3, -0.25) is 4.79 Å². The Balaban J connectivity index is 2.20. The Morgan fingerprint density at radius 2 is 1.83 bits per heavy atom. The predicted molar refractivity (Wildman–Crippen MR) is 99.1 cm³/mol. The summed E-state index contributed by atoms with van der Waals surface area (Å²) in [5.41, 5.74) is 1.39. The summed E-state index contributed by atoms with van der Waals surface area (Å²) in [4.78, 5) is 13.0. The first kappa shape index (κ1) is 17.0. The number of carbonyl (C=O) groups is 1. The lowest BCUT2D eigenvalue weighted by Crippen LogP contribution is -2.03. The molecule has 0 fully saturated rings. The number of rotatable bonds is 4. The van der Waals surface area contributed by atoms with E-state index >= 15 is 0 Å². The van der Waals surface area contributed by atoms with Crippen LogP contribution in [0.5, 0.6) is 11.5 Å². The van der Waals surface area contributed by atoms with Crippen LogP contribution in [0, 0.1) is 0 Å². The zero-order valence-corrected chi connectivity index (χ0v) is 16.2. The van der Waals surface area contributed by atoms with Crippen molar-refractivity contribution in [1.29, 1.82) is 0 Å². The van der Waals surface area contributed by atoms with Gasteiger partial charge < -0.3 is 14.3 Å². The minimum Gasteiger partial charge on any atom is -0.506 e. The van der Waals surface area contributed by atoms with Gasteiger partial charge in [0.15, 0.2) is 5.78 Å². The fourth-order valence-corrected chi connectivity index (χ4v) is 3.68. The standard InChI is InChI=1S/C18H14Br2O4/c1-3-11-4-10-5-12(23-2)8-13(18(10)24-11)16(21)9-6-14(19)17(22)15(20)7-9/h4-8,22H,3H2,1-2H3. The number of phenols is 1. The van der Waals surface area contributed by atoms with E-state index in [0.717, 1.165) is 17.6 Å². The Labute approximate surface area is 155 Å². The molecule has 0 saturated heterocycles. The number of halogens is 2. The van der Waals surface area contributed by atoms with Crippen molar-refractivity contribution in [3.05, 3.63) is 56.2 Å². The number of aryl methyl sites for hydroxylation is 1. The number of methoxy groups -OCH3 is 1. The molecular weight excluding hydrogens is 440 g/mol. The highest BCUT2D eigenvalue weighted by molar-refractivity contribution is 9.11. The van der Waals surface area contributed by atoms with E-state index in [-0.39, 0.29) is 11.5 Å². The van der Waals surface area contributed by atoms with Crippen LogP contribution in [0.2, 0.25) is 0 Å². The number of furan rings is 1. The Bertz CT molecular complexity index is 921. The van der Waals surface area contributed by atoms with E-state index in [0.29, 0.717) is 31.4 Å². The summed E-state index contributed by atoms with van der Waals surface area (Å²) in [5.74, 6) is 1.23. The molecule has 124 valence electrons. The first-order valence-corrected chi connectivity index (χ1v) is 8.86. The summed E-state index contributed by atoms with van der Waals surface area (Å²) in [6.45, 7) is 1.99. The molecule has 24 heavy (non-hydrogen) atoms. The van der Waals surface area contributed by atoms with Crippen LogP contribution in [0.4, 0.5) is 0 Å². The smallest absolute Gasteiger partial charge is 0.197 e. The van der Waals surface area contributed by atoms with Crippen LogP contribution >= 0.6 is 31.9 Å². The second-order valence-corrected chi connectivity index (χ2v) is 6.99. The topological polar surface area (TPSA) is 59.7 Å². The number of carbonyl (C=O) groups excluding carboxylic acids is 1. The normalized spacial score (nSPS) is 11.0. The van der Waals surface area contributed by atoms with Gasteiger partial charge in [0, 0.05) is 17.4 Å². The average molecular weight is 454 g/mol. The van der Waals surface area contributed by atoms with Crippen molar-refractivity contribution >= 4 is 48.6 Å². The molecule has 4 nitrogen and oxygen atoms in total. The van der Waals surface area contributed by atoms with Gasteiger partial charge in [-0.2, -0.15) is 0 Å². The maximum Gasteiger partial charge on any atom is 0.197 e. The minimum absolute atomic E-state index is 0.0496. The first-order chi connectivity index (χ1) is 11.4. The van der Waals surface area contributed by atoms with Crippen molar-refractivity contribution in [2.75, 3.05) is 7.11 Å². The third-order valence-electron chi connectivity index (χ3n) is 3.75. The van der Waals surface area contributed by atoms with Gasteiger partial charge >= 0.3 is 0 Å². The number of hydrogen-bond acceptors (Lipinski definition) is 4. The van der Waals surface area contributed by atoms with Crippen molar-refractivity contribution in [1.82, 2.24) is 0 Å². The van der Waals surface area contributed by atoms with Gasteiger partial charge in [0.1, 0.15) is 22.8 Å². The van der Waals surface area contributed by atoms with E-state index in [4.69, 9.17) is 9.15 Å². The van der Waals surface area contributed by atoms with E-state index in [1.165, 1.54) is 0 Å². The summed E-state index contributed by atoms with van der Waals surface area (Å²) in [5, 5.41) is 10.7. The zero-order valence-electron chi connectivity index (χ0n) is 13.0. The summed E-state index contributed by atoms with van der Waals surface area (Å²) >= 11 is 6.50. The van der Waals surface area contributed by atoms with E-state index in [9.17, 15) is 9.90 Å². The number of aromatic hydroxyl groups is 1. The lowest BCUT2D eigenvalue weighted by molar-refractivity contribution is 0.103. The summed E-state index contributed by atoms with van der Waals surface area (Å²) < 4.78 is 12.0. The molecule has 0 bridgehead atoms. The molecule has 1 aromatic heterocycles. The third kappa shape index (κ3) is 2.96. The number of phenolic OH excluding ortho intramolecular Hbond substituents is 1. The van der Waals surface area contributed by atoms with Crippen LogP contribution in [-0.4, -0.2) is 18.0 Å². The average Bonchev–Trinajstić information content (AvgIpc) is 3.00. The van der Waals surface area contributed by atoms with Crippen LogP contribution in [-0.2, 0) is 6.42 Å². The summed E-state index contributed by atoms with van der Waals surface area (Å²) in [6.07, 6.45) is 0.737. The fraction of sp³-hybridized carbons (Fsp3) is 0.167. The molecule has 3 rings (SSSR count). The van der Waals surface area contributed by atoms with Gasteiger partial charge in [0.25, 0.3) is 0 Å². The predicted octanol–water partition coefficient (Wildman–Crippen LogP) is 5.47. The molecule has 0 radical (unpaired) electrons. The molecule has 0 aliphatic rings. The van der Waals surface area contributed by atoms with Crippen molar-refractivity contribution < 1.29 is 19.1 Å². The molecule has 0 saturated carbocycles. The maximum absolute atomic E-state index is 13.0. The van der Waals surface area contributed by atoms with Crippen LogP contribution in [0.1, 0.15) is 28.6 Å². The zero-order chi connectivity index (χ0) is 17.4. The molecule has 2 aromatic carbocycles. The Hall–Kier alpha value is -1.79. The molecule has 0 spiro atoms. The highest BCUT2D eigenvalue weighted by Crippen LogP contribution is 2.35. The van der Waals surface area contributed by atoms with Gasteiger partial charge in [-0.1, -0.05) is 6.92 Å². The largest absolute Gasteiger partial charge is 0.506 e. The molecular formula is C18H14Br2O4. The van der Waals surface area contributed by atoms with Gasteiger partial charge in [0.05, 0.1) is 21.6 Å². The van der Waals surface area contributed by atoms with Crippen LogP contribution in [0.15, 0.2) is 43.7 Å². The van der Waals surface area contributed by atoms with Crippen molar-refractivity contribution in [2.24, 2.45) is 0 Å². The molecule has 0 amide bonds. The summed E-state index contributed by atoms with van der Waals surface area (Å²) in [7, 11) is 1.56. The quantitative estimate of drug-likeness (QED) is 0.532. The molecule has 0 aliphatic carbocycles. The third-order valence-corrected chi connectivity index (χ3v) is 4.96. The Morgan fingerprint density at radius 1 is 1.17 bits per heavy atom. The highest BCUT2D eigenvalue weighted by Gasteiger charge is 2.20. The van der Waals surface area contributed by atoms with Gasteiger partial charge in [-0.15, -0.1) is 0 Å². The molecule has 0 atom stereocenters. The second-order valence-electron chi connectivity index (χ2n) is 5.28. The lowest BCUT2D eigenvalue weighted by atomic mass is 10.0. The number of ether oxygens (including phenoxy) is 1. The molecule has 3 aromatic rings. The highest BCUT2D eigenvalue weighted by atomic mass is 79.9. The van der Waals surface area contributed by atoms with Crippen molar-refractivity contribution in [2.45, 2.75) is 13.3 Å². The second kappa shape index (κ2) is 6.61. The van der Waals surface area contributed by atoms with E-state index in [1.807, 2.05) is 19.1 Å². The van der Waals surface area contributed by atoms with Crippen LogP contribution in [0.25, 0.3) is 11.0 Å². The number of hydrogen-bond donors (Lipinski definition) is 1. The van der Waals surface area contributed by atoms with Crippen LogP contribution in [0.3, 0.4) is 0 Å². The Kier molecular flexibility index (Phi) is 4.69. The molecule has 0 aliphatic heterocycles. The van der Waals surface area contributed by atoms with E-state index in [1.54, 1.807) is 25.3 Å². The number of ketones is 1. The Morgan fingerprint density at radius 3 is 2.42 bits per heavy atom. The molecule has 6 heteroatoms. The number of benzene rings is 2. The fourth-order valence-electron chi connectivity index (χ4n) is 2.49. The van der Waals surface area contributed by atoms with Gasteiger partial charge in [-0.25, -0.2) is 0 Å². The van der Waals surface area contributed by atoms with Crippen molar-refractivity contribution in [3.63, 3.8) is 0 Å². The molecule has 1 heterocycles. The maximum atomic E-state index is 13.0. The first-order valence-electron chi connectivity index (χ1n) is 7.27. The van der Waals surface area contributed by atoms with Gasteiger partial charge in [0.2, 0.25) is 0 Å². The SMILES string of the molecule is CCc1cc2cc(OC)cc(C(=O)c3cc(Br)c(O)c(Br)c3)c2o1. The van der Waals surface area contributed by atoms with E-state index in [2.05, 4.69) is 31.9 Å². The molecule has 1 N–H and O–H groups in total. The lowest BCUT2D eigenvalue weighted by Gasteiger charge is -2.08. The van der Waals surface area contributed by atoms with E-state index < -0.39 is 0 Å². The summed E-state index contributed by atoms with van der Waals surface area (Å²) in [6, 6.07) is 8.59. The minimum atomic E-state index is -0.211. The van der Waals surface area contributed by atoms with Gasteiger partial charge in [-0.05, 0) is 62.2 Å². The number of fused-ring (bicyclic) bond motifs is 1. The van der Waals surface area contributed by atoms with Crippen molar-refractivity contribution in [3.8, 4) is 11.5 Å². The monoisotopic (exact) mass is 452 g/mol. The molecule has 0 unspecified atom stereocenters. The van der Waals surface area contributed by atoms with Crippen LogP contribution < -0.4 is 4.74 Å².